The number of anilines is 2. The second kappa shape index (κ2) is 5.69. The van der Waals surface area contributed by atoms with Gasteiger partial charge in [-0.05, 0) is 48.9 Å². The highest BCUT2D eigenvalue weighted by Crippen LogP contribution is 2.30. The lowest BCUT2D eigenvalue weighted by molar-refractivity contribution is -0.117. The number of rotatable bonds is 4. The van der Waals surface area contributed by atoms with Gasteiger partial charge in [0.2, 0.25) is 5.91 Å². The zero-order valence-corrected chi connectivity index (χ0v) is 12.5. The van der Waals surface area contributed by atoms with E-state index in [1.165, 1.54) is 11.3 Å². The number of hydrogen-bond acceptors (Lipinski definition) is 3. The van der Waals surface area contributed by atoms with E-state index in [4.69, 9.17) is 0 Å². The van der Waals surface area contributed by atoms with Gasteiger partial charge in [-0.15, -0.1) is 0 Å². The van der Waals surface area contributed by atoms with Gasteiger partial charge in [0.15, 0.2) is 0 Å². The smallest absolute Gasteiger partial charge is 0.256 e. The Bertz CT molecular complexity index is 676. The fraction of sp³-hybridized carbons (Fsp3) is 0.250. The second-order valence-electron chi connectivity index (χ2n) is 5.26. The molecule has 0 spiro atoms. The number of aryl methyl sites for hydroxylation is 1. The Labute approximate surface area is 127 Å². The van der Waals surface area contributed by atoms with E-state index in [0.717, 1.165) is 29.8 Å². The first-order valence-electron chi connectivity index (χ1n) is 6.88. The molecule has 1 aliphatic carbocycles. The van der Waals surface area contributed by atoms with Crippen molar-refractivity contribution in [3.05, 3.63) is 46.2 Å². The maximum Gasteiger partial charge on any atom is 0.256 e. The molecule has 0 radical (unpaired) electrons. The average Bonchev–Trinajstić information content (AvgIpc) is 3.17. The molecule has 2 N–H and O–H groups in total. The Kier molecular flexibility index (Phi) is 3.75. The molecule has 0 bridgehead atoms. The summed E-state index contributed by atoms with van der Waals surface area (Å²) >= 11 is 1.49. The molecule has 5 heteroatoms. The molecule has 4 nitrogen and oxygen atoms in total. The number of nitrogens with one attached hydrogen (secondary N) is 2. The quantitative estimate of drug-likeness (QED) is 0.905. The molecule has 1 aromatic heterocycles. The van der Waals surface area contributed by atoms with Crippen LogP contribution in [0.4, 0.5) is 11.4 Å². The zero-order valence-electron chi connectivity index (χ0n) is 11.7. The van der Waals surface area contributed by atoms with Crippen LogP contribution in [-0.2, 0) is 4.79 Å². The average molecular weight is 300 g/mol. The summed E-state index contributed by atoms with van der Waals surface area (Å²) in [6.07, 6.45) is 1.94. The van der Waals surface area contributed by atoms with Gasteiger partial charge in [-0.3, -0.25) is 9.59 Å². The summed E-state index contributed by atoms with van der Waals surface area (Å²) < 4.78 is 0. The molecule has 108 valence electrons. The van der Waals surface area contributed by atoms with Crippen molar-refractivity contribution in [2.24, 2.45) is 5.92 Å². The molecule has 1 aromatic carbocycles. The number of carbonyl (C=O) groups is 2. The van der Waals surface area contributed by atoms with Crippen LogP contribution in [0.2, 0.25) is 0 Å². The SMILES string of the molecule is Cc1ccc(NC(=O)C2CC2)cc1NC(=O)c1ccsc1. The van der Waals surface area contributed by atoms with E-state index >= 15 is 0 Å². The molecule has 2 aromatic rings. The first-order valence-corrected chi connectivity index (χ1v) is 7.83. The molecule has 0 aliphatic heterocycles. The van der Waals surface area contributed by atoms with Gasteiger partial charge in [-0.2, -0.15) is 11.3 Å². The summed E-state index contributed by atoms with van der Waals surface area (Å²) in [7, 11) is 0. The summed E-state index contributed by atoms with van der Waals surface area (Å²) in [6.45, 7) is 1.93. The second-order valence-corrected chi connectivity index (χ2v) is 6.04. The van der Waals surface area contributed by atoms with E-state index in [1.54, 1.807) is 12.1 Å². The lowest BCUT2D eigenvalue weighted by Crippen LogP contribution is -2.15. The van der Waals surface area contributed by atoms with Crippen LogP contribution in [0.3, 0.4) is 0 Å². The van der Waals surface area contributed by atoms with Crippen molar-refractivity contribution in [2.75, 3.05) is 10.6 Å². The summed E-state index contributed by atoms with van der Waals surface area (Å²) in [5.74, 6) is 0.0918. The molecule has 1 saturated carbocycles. The summed E-state index contributed by atoms with van der Waals surface area (Å²) in [6, 6.07) is 7.34. The van der Waals surface area contributed by atoms with Crippen LogP contribution in [-0.4, -0.2) is 11.8 Å². The van der Waals surface area contributed by atoms with Crippen LogP contribution in [0.15, 0.2) is 35.0 Å². The standard InChI is InChI=1S/C16H16N2O2S/c1-10-2-5-13(17-15(19)11-3-4-11)8-14(10)18-16(20)12-6-7-21-9-12/h2,5-9,11H,3-4H2,1H3,(H,17,19)(H,18,20). The van der Waals surface area contributed by atoms with Crippen molar-refractivity contribution >= 4 is 34.5 Å². The first kappa shape index (κ1) is 13.8. The number of carbonyl (C=O) groups excluding carboxylic acids is 2. The molecule has 1 aliphatic rings. The van der Waals surface area contributed by atoms with Crippen LogP contribution in [0.5, 0.6) is 0 Å². The highest BCUT2D eigenvalue weighted by Gasteiger charge is 2.29. The van der Waals surface area contributed by atoms with Gasteiger partial charge in [0, 0.05) is 22.7 Å². The van der Waals surface area contributed by atoms with Gasteiger partial charge >= 0.3 is 0 Å². The maximum atomic E-state index is 12.1. The van der Waals surface area contributed by atoms with Crippen LogP contribution < -0.4 is 10.6 Å². The van der Waals surface area contributed by atoms with Crippen LogP contribution >= 0.6 is 11.3 Å². The van der Waals surface area contributed by atoms with Crippen molar-refractivity contribution in [1.29, 1.82) is 0 Å². The first-order chi connectivity index (χ1) is 10.1. The summed E-state index contributed by atoms with van der Waals surface area (Å²) in [4.78, 5) is 23.9. The highest BCUT2D eigenvalue weighted by molar-refractivity contribution is 7.08. The molecule has 21 heavy (non-hydrogen) atoms. The Balaban J connectivity index is 1.74. The van der Waals surface area contributed by atoms with Gasteiger partial charge < -0.3 is 10.6 Å². The third kappa shape index (κ3) is 3.31. The Morgan fingerprint density at radius 1 is 1.19 bits per heavy atom. The van der Waals surface area contributed by atoms with E-state index in [-0.39, 0.29) is 17.7 Å². The number of amides is 2. The lowest BCUT2D eigenvalue weighted by atomic mass is 10.1. The fourth-order valence-electron chi connectivity index (χ4n) is 2.01. The Morgan fingerprint density at radius 3 is 2.67 bits per heavy atom. The maximum absolute atomic E-state index is 12.1. The Morgan fingerprint density at radius 2 is 2.00 bits per heavy atom. The van der Waals surface area contributed by atoms with Crippen molar-refractivity contribution in [2.45, 2.75) is 19.8 Å². The number of hydrogen-bond donors (Lipinski definition) is 2. The third-order valence-electron chi connectivity index (χ3n) is 3.48. The fourth-order valence-corrected chi connectivity index (χ4v) is 2.65. The van der Waals surface area contributed by atoms with E-state index in [2.05, 4.69) is 10.6 Å². The van der Waals surface area contributed by atoms with Crippen LogP contribution in [0.25, 0.3) is 0 Å². The van der Waals surface area contributed by atoms with Gasteiger partial charge in [0.1, 0.15) is 0 Å². The van der Waals surface area contributed by atoms with E-state index < -0.39 is 0 Å². The summed E-state index contributed by atoms with van der Waals surface area (Å²) in [5.41, 5.74) is 3.05. The lowest BCUT2D eigenvalue weighted by Gasteiger charge is -2.11. The molecular weight excluding hydrogens is 284 g/mol. The molecule has 0 unspecified atom stereocenters. The molecule has 0 saturated heterocycles. The van der Waals surface area contributed by atoms with Crippen LogP contribution in [0.1, 0.15) is 28.8 Å². The largest absolute Gasteiger partial charge is 0.326 e. The van der Waals surface area contributed by atoms with Gasteiger partial charge in [0.25, 0.3) is 5.91 Å². The van der Waals surface area contributed by atoms with E-state index in [1.807, 2.05) is 29.8 Å². The van der Waals surface area contributed by atoms with Crippen molar-refractivity contribution < 1.29 is 9.59 Å². The predicted octanol–water partition coefficient (Wildman–Crippen LogP) is 3.66. The topological polar surface area (TPSA) is 58.2 Å². The molecule has 0 atom stereocenters. The van der Waals surface area contributed by atoms with E-state index in [9.17, 15) is 9.59 Å². The minimum absolute atomic E-state index is 0.0639. The Hall–Kier alpha value is -2.14. The normalized spacial score (nSPS) is 13.8. The van der Waals surface area contributed by atoms with Crippen molar-refractivity contribution in [3.63, 3.8) is 0 Å². The third-order valence-corrected chi connectivity index (χ3v) is 4.17. The van der Waals surface area contributed by atoms with Crippen LogP contribution in [0, 0.1) is 12.8 Å². The van der Waals surface area contributed by atoms with Gasteiger partial charge in [-0.1, -0.05) is 6.07 Å². The van der Waals surface area contributed by atoms with E-state index in [0.29, 0.717) is 5.56 Å². The molecule has 1 fully saturated rings. The summed E-state index contributed by atoms with van der Waals surface area (Å²) in [5, 5.41) is 9.46. The molecule has 3 rings (SSSR count). The van der Waals surface area contributed by atoms with Gasteiger partial charge in [0.05, 0.1) is 5.56 Å². The highest BCUT2D eigenvalue weighted by atomic mass is 32.1. The van der Waals surface area contributed by atoms with Gasteiger partial charge in [-0.25, -0.2) is 0 Å². The number of benzene rings is 1. The minimum atomic E-state index is -0.134. The zero-order chi connectivity index (χ0) is 14.8. The monoisotopic (exact) mass is 300 g/mol. The van der Waals surface area contributed by atoms with Crippen molar-refractivity contribution in [1.82, 2.24) is 0 Å². The number of thiophene rings is 1. The van der Waals surface area contributed by atoms with Crippen molar-refractivity contribution in [3.8, 4) is 0 Å². The molecular formula is C16H16N2O2S. The predicted molar refractivity (Wildman–Crippen MR) is 84.8 cm³/mol. The molecule has 2 amide bonds. The minimum Gasteiger partial charge on any atom is -0.326 e. The molecule has 1 heterocycles.